The Morgan fingerprint density at radius 2 is 2.00 bits per heavy atom. The van der Waals surface area contributed by atoms with Crippen LogP contribution in [0.3, 0.4) is 0 Å². The van der Waals surface area contributed by atoms with E-state index in [4.69, 9.17) is 10.2 Å². The zero-order chi connectivity index (χ0) is 12.5. The van der Waals surface area contributed by atoms with E-state index < -0.39 is 16.1 Å². The molecule has 0 unspecified atom stereocenters. The summed E-state index contributed by atoms with van der Waals surface area (Å²) >= 11 is 0. The fourth-order valence-electron chi connectivity index (χ4n) is 1.56. The number of nitrogens with one attached hydrogen (secondary N) is 1. The lowest BCUT2D eigenvalue weighted by Crippen LogP contribution is -2.29. The smallest absolute Gasteiger partial charge is 0.326 e. The van der Waals surface area contributed by atoms with Crippen LogP contribution in [0.15, 0.2) is 36.3 Å². The van der Waals surface area contributed by atoms with Crippen molar-refractivity contribution in [2.45, 2.75) is 13.2 Å². The van der Waals surface area contributed by atoms with E-state index in [1.54, 1.807) is 24.3 Å². The molecule has 0 bridgehead atoms. The first kappa shape index (κ1) is 11.7. The molecule has 1 aromatic carbocycles. The SMILES string of the molecule is O=S1(=O)NC(O)=CN1Cc1cccc(CO)c1. The van der Waals surface area contributed by atoms with Gasteiger partial charge in [0, 0.05) is 0 Å². The van der Waals surface area contributed by atoms with Crippen LogP contribution >= 0.6 is 0 Å². The molecule has 0 saturated heterocycles. The fraction of sp³-hybridized carbons (Fsp3) is 0.200. The second-order valence-electron chi connectivity index (χ2n) is 3.64. The van der Waals surface area contributed by atoms with Gasteiger partial charge in [0.15, 0.2) is 0 Å². The van der Waals surface area contributed by atoms with Gasteiger partial charge < -0.3 is 10.2 Å². The third kappa shape index (κ3) is 2.51. The van der Waals surface area contributed by atoms with E-state index >= 15 is 0 Å². The van der Waals surface area contributed by atoms with Crippen molar-refractivity contribution in [3.05, 3.63) is 47.5 Å². The predicted octanol–water partition coefficient (Wildman–Crippen LogP) is 0.186. The Hall–Kier alpha value is -1.73. The highest BCUT2D eigenvalue weighted by molar-refractivity contribution is 7.87. The molecular formula is C10H12N2O4S. The van der Waals surface area contributed by atoms with Crippen molar-refractivity contribution in [3.8, 4) is 0 Å². The Morgan fingerprint density at radius 1 is 1.29 bits per heavy atom. The van der Waals surface area contributed by atoms with Gasteiger partial charge in [-0.05, 0) is 11.1 Å². The summed E-state index contributed by atoms with van der Waals surface area (Å²) in [6.45, 7) is 0.00711. The highest BCUT2D eigenvalue weighted by atomic mass is 32.2. The van der Waals surface area contributed by atoms with Gasteiger partial charge in [-0.3, -0.25) is 4.31 Å². The average Bonchev–Trinajstić information content (AvgIpc) is 2.52. The number of aliphatic hydroxyl groups is 2. The molecule has 0 saturated carbocycles. The minimum absolute atomic E-state index is 0.0973. The molecule has 1 aliphatic heterocycles. The summed E-state index contributed by atoms with van der Waals surface area (Å²) in [5.74, 6) is -0.400. The standard InChI is InChI=1S/C10H12N2O4S/c13-7-9-3-1-2-8(4-9)5-12-6-10(14)11-17(12,15)16/h1-4,6,11,13-14H,5,7H2. The highest BCUT2D eigenvalue weighted by Crippen LogP contribution is 2.16. The quantitative estimate of drug-likeness (QED) is 0.720. The molecule has 7 heteroatoms. The number of nitrogens with zero attached hydrogens (tertiary/aromatic N) is 1. The van der Waals surface area contributed by atoms with Crippen LogP contribution in [0.2, 0.25) is 0 Å². The Labute approximate surface area is 99.0 Å². The van der Waals surface area contributed by atoms with Gasteiger partial charge in [0.2, 0.25) is 5.88 Å². The van der Waals surface area contributed by atoms with Crippen LogP contribution in [0.4, 0.5) is 0 Å². The summed E-state index contributed by atoms with van der Waals surface area (Å²) in [5, 5.41) is 18.1. The number of benzene rings is 1. The van der Waals surface area contributed by atoms with Crippen LogP contribution in [-0.4, -0.2) is 22.9 Å². The first-order valence-corrected chi connectivity index (χ1v) is 6.34. The van der Waals surface area contributed by atoms with Gasteiger partial charge in [0.05, 0.1) is 19.4 Å². The molecule has 2 rings (SSSR count). The molecule has 0 fully saturated rings. The molecule has 0 aliphatic carbocycles. The second-order valence-corrected chi connectivity index (χ2v) is 5.27. The van der Waals surface area contributed by atoms with Gasteiger partial charge >= 0.3 is 10.2 Å². The molecule has 17 heavy (non-hydrogen) atoms. The van der Waals surface area contributed by atoms with Crippen LogP contribution < -0.4 is 4.72 Å². The maximum atomic E-state index is 11.5. The summed E-state index contributed by atoms with van der Waals surface area (Å²) in [5.41, 5.74) is 1.44. The second kappa shape index (κ2) is 4.27. The lowest BCUT2D eigenvalue weighted by Gasteiger charge is -2.14. The van der Waals surface area contributed by atoms with E-state index in [1.165, 1.54) is 0 Å². The van der Waals surface area contributed by atoms with Crippen LogP contribution in [0.5, 0.6) is 0 Å². The maximum Gasteiger partial charge on any atom is 0.326 e. The highest BCUT2D eigenvalue weighted by Gasteiger charge is 2.26. The van der Waals surface area contributed by atoms with Gasteiger partial charge in [0.1, 0.15) is 0 Å². The lowest BCUT2D eigenvalue weighted by atomic mass is 10.1. The van der Waals surface area contributed by atoms with E-state index in [0.29, 0.717) is 5.56 Å². The molecule has 1 aromatic rings. The summed E-state index contributed by atoms with van der Waals surface area (Å²) in [7, 11) is -3.68. The van der Waals surface area contributed by atoms with Crippen LogP contribution in [0, 0.1) is 0 Å². The van der Waals surface area contributed by atoms with Gasteiger partial charge in [-0.15, -0.1) is 0 Å². The van der Waals surface area contributed by atoms with Crippen molar-refractivity contribution in [2.24, 2.45) is 0 Å². The van der Waals surface area contributed by atoms with Crippen molar-refractivity contribution in [1.29, 1.82) is 0 Å². The number of rotatable bonds is 3. The molecule has 6 nitrogen and oxygen atoms in total. The third-order valence-electron chi connectivity index (χ3n) is 2.32. The minimum atomic E-state index is -3.68. The van der Waals surface area contributed by atoms with Gasteiger partial charge in [-0.1, -0.05) is 24.3 Å². The molecule has 0 amide bonds. The first-order chi connectivity index (χ1) is 8.01. The Kier molecular flexibility index (Phi) is 2.95. The van der Waals surface area contributed by atoms with E-state index in [1.807, 2.05) is 4.72 Å². The van der Waals surface area contributed by atoms with Crippen molar-refractivity contribution in [3.63, 3.8) is 0 Å². The molecule has 0 spiro atoms. The lowest BCUT2D eigenvalue weighted by molar-refractivity contribution is 0.281. The van der Waals surface area contributed by atoms with Crippen molar-refractivity contribution < 1.29 is 18.6 Å². The van der Waals surface area contributed by atoms with Crippen LogP contribution in [0.1, 0.15) is 11.1 Å². The molecule has 92 valence electrons. The molecule has 1 aliphatic rings. The zero-order valence-electron chi connectivity index (χ0n) is 8.87. The first-order valence-electron chi connectivity index (χ1n) is 4.90. The van der Waals surface area contributed by atoms with Gasteiger partial charge in [0.25, 0.3) is 0 Å². The van der Waals surface area contributed by atoms with E-state index in [0.717, 1.165) is 16.1 Å². The maximum absolute atomic E-state index is 11.5. The van der Waals surface area contributed by atoms with Crippen molar-refractivity contribution in [1.82, 2.24) is 9.03 Å². The Morgan fingerprint density at radius 3 is 2.59 bits per heavy atom. The summed E-state index contributed by atoms with van der Waals surface area (Å²) < 4.78 is 25.9. The largest absolute Gasteiger partial charge is 0.493 e. The van der Waals surface area contributed by atoms with E-state index in [9.17, 15) is 8.42 Å². The Bertz CT molecular complexity index is 553. The van der Waals surface area contributed by atoms with Crippen LogP contribution in [0.25, 0.3) is 0 Å². The van der Waals surface area contributed by atoms with Gasteiger partial charge in [-0.2, -0.15) is 8.42 Å². The van der Waals surface area contributed by atoms with Crippen LogP contribution in [-0.2, 0) is 23.4 Å². The molecule has 1 heterocycles. The normalized spacial score (nSPS) is 17.7. The van der Waals surface area contributed by atoms with Crippen molar-refractivity contribution in [2.75, 3.05) is 0 Å². The fourth-order valence-corrected chi connectivity index (χ4v) is 2.55. The monoisotopic (exact) mass is 256 g/mol. The number of hydrogen-bond acceptors (Lipinski definition) is 4. The summed E-state index contributed by atoms with van der Waals surface area (Å²) in [6.07, 6.45) is 1.11. The average molecular weight is 256 g/mol. The number of aliphatic hydroxyl groups excluding tert-OH is 2. The zero-order valence-corrected chi connectivity index (χ0v) is 9.68. The van der Waals surface area contributed by atoms with Crippen molar-refractivity contribution >= 4 is 10.2 Å². The molecule has 3 N–H and O–H groups in total. The Balaban J connectivity index is 2.21. The van der Waals surface area contributed by atoms with E-state index in [2.05, 4.69) is 0 Å². The molecule has 0 aromatic heterocycles. The molecular weight excluding hydrogens is 244 g/mol. The summed E-state index contributed by atoms with van der Waals surface area (Å²) in [4.78, 5) is 0. The molecule has 0 atom stereocenters. The summed E-state index contributed by atoms with van der Waals surface area (Å²) in [6, 6.07) is 6.94. The predicted molar refractivity (Wildman–Crippen MR) is 60.7 cm³/mol. The third-order valence-corrected chi connectivity index (χ3v) is 3.64. The topological polar surface area (TPSA) is 89.9 Å². The number of hydrogen-bond donors (Lipinski definition) is 3. The van der Waals surface area contributed by atoms with E-state index in [-0.39, 0.29) is 13.2 Å². The minimum Gasteiger partial charge on any atom is -0.493 e. The molecule has 0 radical (unpaired) electrons. The van der Waals surface area contributed by atoms with Gasteiger partial charge in [-0.25, -0.2) is 4.72 Å².